The maximum Gasteiger partial charge on any atom is 0.309 e. The fraction of sp³-hybridized carbons (Fsp3) is 0.588. The van der Waals surface area contributed by atoms with E-state index in [4.69, 9.17) is 4.74 Å². The fourth-order valence-corrected chi connectivity index (χ4v) is 4.33. The molecule has 1 aromatic rings. The average molecular weight is 383 g/mol. The minimum Gasteiger partial charge on any atom is -0.455 e. The summed E-state index contributed by atoms with van der Waals surface area (Å²) in [5, 5.41) is 0. The molecule has 1 aliphatic heterocycles. The summed E-state index contributed by atoms with van der Waals surface area (Å²) in [7, 11) is -3.60. The van der Waals surface area contributed by atoms with Gasteiger partial charge in [-0.15, -0.1) is 0 Å². The van der Waals surface area contributed by atoms with Crippen LogP contribution in [0.15, 0.2) is 29.4 Å². The molecule has 0 spiro atoms. The maximum atomic E-state index is 12.5. The summed E-state index contributed by atoms with van der Waals surface area (Å²) >= 11 is 0. The highest BCUT2D eigenvalue weighted by Gasteiger charge is 2.33. The zero-order valence-corrected chi connectivity index (χ0v) is 15.9. The zero-order chi connectivity index (χ0) is 19.2. The molecule has 0 radical (unpaired) electrons. The number of ether oxygens (including phenoxy) is 1. The molecule has 0 N–H and O–H groups in total. The van der Waals surface area contributed by atoms with Crippen molar-refractivity contribution >= 4 is 21.9 Å². The molecule has 0 atom stereocenters. The van der Waals surface area contributed by atoms with Gasteiger partial charge < -0.3 is 9.64 Å². The van der Waals surface area contributed by atoms with Crippen LogP contribution in [-0.2, 0) is 24.3 Å². The van der Waals surface area contributed by atoms with Gasteiger partial charge in [0.1, 0.15) is 4.90 Å². The van der Waals surface area contributed by atoms with Crippen molar-refractivity contribution in [3.8, 4) is 0 Å². The van der Waals surface area contributed by atoms with Crippen molar-refractivity contribution in [2.24, 2.45) is 5.92 Å². The molecule has 1 amide bonds. The van der Waals surface area contributed by atoms with Gasteiger partial charge in [0.05, 0.1) is 5.92 Å². The van der Waals surface area contributed by atoms with Crippen LogP contribution in [0.5, 0.6) is 0 Å². The number of hydrogen-bond donors (Lipinski definition) is 0. The Hall–Kier alpha value is -2.00. The van der Waals surface area contributed by atoms with E-state index < -0.39 is 16.0 Å². The predicted molar refractivity (Wildman–Crippen MR) is 94.6 cm³/mol. The quantitative estimate of drug-likeness (QED) is 0.649. The summed E-state index contributed by atoms with van der Waals surface area (Å²) in [4.78, 5) is 29.6. The molecule has 144 valence electrons. The lowest BCUT2D eigenvalue weighted by Gasteiger charge is -2.30. The highest BCUT2D eigenvalue weighted by Crippen LogP contribution is 2.24. The number of nitrogens with zero attached hydrogens (tertiary/aromatic N) is 3. The van der Waals surface area contributed by atoms with Crippen LogP contribution in [0.4, 0.5) is 0 Å². The molecule has 0 unspecified atom stereocenters. The van der Waals surface area contributed by atoms with Crippen LogP contribution in [0.3, 0.4) is 0 Å². The van der Waals surface area contributed by atoms with E-state index in [0.717, 1.165) is 0 Å². The van der Waals surface area contributed by atoms with Crippen LogP contribution in [0.2, 0.25) is 0 Å². The third-order valence-electron chi connectivity index (χ3n) is 4.51. The normalized spacial score (nSPS) is 16.2. The molecular weight excluding hydrogens is 358 g/mol. The Morgan fingerprint density at radius 2 is 1.92 bits per heavy atom. The van der Waals surface area contributed by atoms with Gasteiger partial charge in [0.25, 0.3) is 5.91 Å². The smallest absolute Gasteiger partial charge is 0.309 e. The Bertz CT molecular complexity index is 711. The Labute approximate surface area is 154 Å². The Morgan fingerprint density at radius 3 is 2.46 bits per heavy atom. The predicted octanol–water partition coefficient (Wildman–Crippen LogP) is 0.894. The largest absolute Gasteiger partial charge is 0.455 e. The standard InChI is InChI=1S/C17H25N3O5S/c1-3-19(4-2)16(21)13-25-17(22)14-7-10-20(11-8-14)26(23,24)15-6-5-9-18-12-15/h5-6,9,12,14H,3-4,7-8,10-11,13H2,1-2H3. The van der Waals surface area contributed by atoms with Crippen molar-refractivity contribution in [1.82, 2.24) is 14.2 Å². The summed E-state index contributed by atoms with van der Waals surface area (Å²) in [5.41, 5.74) is 0. The van der Waals surface area contributed by atoms with Crippen LogP contribution < -0.4 is 0 Å². The highest BCUT2D eigenvalue weighted by atomic mass is 32.2. The van der Waals surface area contributed by atoms with Gasteiger partial charge >= 0.3 is 5.97 Å². The second-order valence-electron chi connectivity index (χ2n) is 6.04. The Morgan fingerprint density at radius 1 is 1.27 bits per heavy atom. The van der Waals surface area contributed by atoms with E-state index in [0.29, 0.717) is 25.9 Å². The minimum absolute atomic E-state index is 0.144. The summed E-state index contributed by atoms with van der Waals surface area (Å²) in [6.07, 6.45) is 3.57. The number of amides is 1. The van der Waals surface area contributed by atoms with E-state index >= 15 is 0 Å². The number of esters is 1. The van der Waals surface area contributed by atoms with Crippen molar-refractivity contribution in [3.63, 3.8) is 0 Å². The number of sulfonamides is 1. The first kappa shape index (κ1) is 20.3. The molecule has 2 heterocycles. The first-order valence-corrected chi connectivity index (χ1v) is 10.2. The molecule has 9 heteroatoms. The van der Waals surface area contributed by atoms with E-state index in [-0.39, 0.29) is 36.4 Å². The third kappa shape index (κ3) is 4.79. The number of rotatable bonds is 7. The molecule has 26 heavy (non-hydrogen) atoms. The van der Waals surface area contributed by atoms with Crippen molar-refractivity contribution < 1.29 is 22.7 Å². The lowest BCUT2D eigenvalue weighted by Crippen LogP contribution is -2.41. The Kier molecular flexibility index (Phi) is 7.10. The van der Waals surface area contributed by atoms with Gasteiger partial charge in [-0.3, -0.25) is 14.6 Å². The SMILES string of the molecule is CCN(CC)C(=O)COC(=O)C1CCN(S(=O)(=O)c2cccnc2)CC1. The third-order valence-corrected chi connectivity index (χ3v) is 6.40. The van der Waals surface area contributed by atoms with Crippen LogP contribution in [0, 0.1) is 5.92 Å². The van der Waals surface area contributed by atoms with E-state index in [1.54, 1.807) is 11.0 Å². The van der Waals surface area contributed by atoms with E-state index in [1.165, 1.54) is 22.8 Å². The molecule has 1 aliphatic rings. The van der Waals surface area contributed by atoms with Crippen LogP contribution in [0.25, 0.3) is 0 Å². The lowest BCUT2D eigenvalue weighted by molar-refractivity contribution is -0.156. The number of aromatic nitrogens is 1. The summed E-state index contributed by atoms with van der Waals surface area (Å²) in [6.45, 7) is 5.06. The highest BCUT2D eigenvalue weighted by molar-refractivity contribution is 7.89. The van der Waals surface area contributed by atoms with Gasteiger partial charge in [-0.2, -0.15) is 4.31 Å². The van der Waals surface area contributed by atoms with Gasteiger partial charge in [-0.05, 0) is 38.8 Å². The minimum atomic E-state index is -3.60. The second kappa shape index (κ2) is 9.09. The second-order valence-corrected chi connectivity index (χ2v) is 7.98. The number of pyridine rings is 1. The van der Waals surface area contributed by atoms with Gasteiger partial charge in [0, 0.05) is 38.6 Å². The fourth-order valence-electron chi connectivity index (χ4n) is 2.90. The lowest BCUT2D eigenvalue weighted by atomic mass is 9.98. The topological polar surface area (TPSA) is 96.9 Å². The number of carbonyl (C=O) groups excluding carboxylic acids is 2. The maximum absolute atomic E-state index is 12.5. The van der Waals surface area contributed by atoms with Crippen LogP contribution in [0.1, 0.15) is 26.7 Å². The first-order chi connectivity index (χ1) is 12.4. The van der Waals surface area contributed by atoms with Crippen LogP contribution in [-0.4, -0.2) is 67.3 Å². The van der Waals surface area contributed by atoms with Crippen molar-refractivity contribution in [3.05, 3.63) is 24.5 Å². The monoisotopic (exact) mass is 383 g/mol. The number of piperidine rings is 1. The number of carbonyl (C=O) groups is 2. The Balaban J connectivity index is 1.86. The van der Waals surface area contributed by atoms with Crippen molar-refractivity contribution in [1.29, 1.82) is 0 Å². The molecule has 1 fully saturated rings. The van der Waals surface area contributed by atoms with Crippen molar-refractivity contribution in [2.75, 3.05) is 32.8 Å². The average Bonchev–Trinajstić information content (AvgIpc) is 2.68. The van der Waals surface area contributed by atoms with Gasteiger partial charge in [0.2, 0.25) is 10.0 Å². The molecule has 0 aromatic carbocycles. The van der Waals surface area contributed by atoms with Crippen LogP contribution >= 0.6 is 0 Å². The van der Waals surface area contributed by atoms with Gasteiger partial charge in [-0.25, -0.2) is 8.42 Å². The van der Waals surface area contributed by atoms with E-state index in [9.17, 15) is 18.0 Å². The molecule has 1 saturated heterocycles. The molecule has 0 bridgehead atoms. The molecule has 0 aliphatic carbocycles. The summed E-state index contributed by atoms with van der Waals surface area (Å²) in [5.74, 6) is -1.05. The summed E-state index contributed by atoms with van der Waals surface area (Å²) < 4.78 is 31.6. The molecule has 0 saturated carbocycles. The zero-order valence-electron chi connectivity index (χ0n) is 15.1. The molecule has 8 nitrogen and oxygen atoms in total. The van der Waals surface area contributed by atoms with Gasteiger partial charge in [-0.1, -0.05) is 0 Å². The molecule has 1 aromatic heterocycles. The summed E-state index contributed by atoms with van der Waals surface area (Å²) in [6, 6.07) is 3.07. The number of likely N-dealkylation sites (N-methyl/N-ethyl adjacent to an activating group) is 1. The molecular formula is C17H25N3O5S. The molecule has 2 rings (SSSR count). The van der Waals surface area contributed by atoms with Gasteiger partial charge in [0.15, 0.2) is 6.61 Å². The first-order valence-electron chi connectivity index (χ1n) is 8.74. The van der Waals surface area contributed by atoms with E-state index in [1.807, 2.05) is 13.8 Å². The van der Waals surface area contributed by atoms with E-state index in [2.05, 4.69) is 4.98 Å². The van der Waals surface area contributed by atoms with Crippen molar-refractivity contribution in [2.45, 2.75) is 31.6 Å². The number of hydrogen-bond acceptors (Lipinski definition) is 6.